The number of aryl methyl sites for hydroxylation is 1. The zero-order chi connectivity index (χ0) is 10.8. The van der Waals surface area contributed by atoms with Gasteiger partial charge in [-0.2, -0.15) is 0 Å². The van der Waals surface area contributed by atoms with E-state index in [-0.39, 0.29) is 0 Å². The Labute approximate surface area is 96.1 Å². The first-order chi connectivity index (χ1) is 7.16. The molecule has 1 aliphatic heterocycles. The van der Waals surface area contributed by atoms with Gasteiger partial charge in [-0.15, -0.1) is 0 Å². The van der Waals surface area contributed by atoms with Crippen molar-refractivity contribution in [1.29, 1.82) is 0 Å². The van der Waals surface area contributed by atoms with Crippen LogP contribution in [0.2, 0.25) is 0 Å². The lowest BCUT2D eigenvalue weighted by molar-refractivity contribution is 0.204. The highest BCUT2D eigenvalue weighted by Crippen LogP contribution is 2.18. The fraction of sp³-hybridized carbons (Fsp3) is 0.727. The normalized spacial score (nSPS) is 19.6. The van der Waals surface area contributed by atoms with E-state index in [1.165, 1.54) is 31.6 Å². The second-order valence-electron chi connectivity index (χ2n) is 4.59. The van der Waals surface area contributed by atoms with Crippen LogP contribution in [-0.4, -0.2) is 34.6 Å². The van der Waals surface area contributed by atoms with E-state index in [1.54, 1.807) is 0 Å². The van der Waals surface area contributed by atoms with Crippen LogP contribution in [0.25, 0.3) is 0 Å². The van der Waals surface area contributed by atoms with Crippen molar-refractivity contribution < 1.29 is 0 Å². The number of hydrogen-bond acceptors (Lipinski definition) is 2. The second-order valence-corrected chi connectivity index (χ2v) is 4.98. The van der Waals surface area contributed by atoms with E-state index in [4.69, 9.17) is 12.2 Å². The van der Waals surface area contributed by atoms with E-state index in [9.17, 15) is 0 Å². The van der Waals surface area contributed by atoms with Gasteiger partial charge in [0.15, 0.2) is 4.77 Å². The summed E-state index contributed by atoms with van der Waals surface area (Å²) in [6.07, 6.45) is 4.59. The molecule has 0 aliphatic carbocycles. The highest BCUT2D eigenvalue weighted by molar-refractivity contribution is 7.71. The predicted molar refractivity (Wildman–Crippen MR) is 64.6 cm³/mol. The van der Waals surface area contributed by atoms with E-state index >= 15 is 0 Å². The van der Waals surface area contributed by atoms with Crippen LogP contribution in [0, 0.1) is 17.6 Å². The molecule has 1 fully saturated rings. The van der Waals surface area contributed by atoms with Crippen LogP contribution in [0.4, 0.5) is 0 Å². The van der Waals surface area contributed by atoms with Gasteiger partial charge in [0, 0.05) is 18.4 Å². The van der Waals surface area contributed by atoms with E-state index < -0.39 is 0 Å². The Morgan fingerprint density at radius 1 is 1.47 bits per heavy atom. The molecule has 2 rings (SSSR count). The zero-order valence-corrected chi connectivity index (χ0v) is 10.3. The summed E-state index contributed by atoms with van der Waals surface area (Å²) in [5.74, 6) is 0.794. The van der Waals surface area contributed by atoms with Gasteiger partial charge < -0.3 is 14.5 Å². The molecule has 1 aromatic rings. The summed E-state index contributed by atoms with van der Waals surface area (Å²) in [6.45, 7) is 5.65. The molecule has 0 radical (unpaired) electrons. The van der Waals surface area contributed by atoms with Crippen LogP contribution in [0.5, 0.6) is 0 Å². The molecule has 0 atom stereocenters. The van der Waals surface area contributed by atoms with Crippen molar-refractivity contribution in [3.63, 3.8) is 0 Å². The topological polar surface area (TPSA) is 24.0 Å². The van der Waals surface area contributed by atoms with E-state index in [2.05, 4.69) is 28.4 Å². The largest absolute Gasteiger partial charge is 0.337 e. The SMILES string of the molecule is Cc1c[nH]c(=S)n1CC1CCN(C)CC1. The lowest BCUT2D eigenvalue weighted by atomic mass is 9.97. The first kappa shape index (κ1) is 10.9. The number of imidazole rings is 1. The number of likely N-dealkylation sites (tertiary alicyclic amines) is 1. The average molecular weight is 225 g/mol. The van der Waals surface area contributed by atoms with Gasteiger partial charge in [-0.3, -0.25) is 0 Å². The molecule has 3 nitrogen and oxygen atoms in total. The Morgan fingerprint density at radius 2 is 2.13 bits per heavy atom. The van der Waals surface area contributed by atoms with Crippen molar-refractivity contribution in [2.75, 3.05) is 20.1 Å². The molecule has 0 bridgehead atoms. The number of nitrogens with one attached hydrogen (secondary N) is 1. The van der Waals surface area contributed by atoms with Crippen LogP contribution in [0.3, 0.4) is 0 Å². The van der Waals surface area contributed by atoms with Crippen LogP contribution in [-0.2, 0) is 6.54 Å². The number of rotatable bonds is 2. The summed E-state index contributed by atoms with van der Waals surface area (Å²) < 4.78 is 3.09. The minimum atomic E-state index is 0.794. The molecule has 84 valence electrons. The zero-order valence-electron chi connectivity index (χ0n) is 9.49. The Bertz CT molecular complexity index is 371. The number of hydrogen-bond donors (Lipinski definition) is 1. The monoisotopic (exact) mass is 225 g/mol. The molecular formula is C11H19N3S. The Morgan fingerprint density at radius 3 is 2.67 bits per heavy atom. The highest BCUT2D eigenvalue weighted by atomic mass is 32.1. The van der Waals surface area contributed by atoms with E-state index in [0.717, 1.165) is 17.2 Å². The summed E-state index contributed by atoms with van der Waals surface area (Å²) in [4.78, 5) is 5.51. The van der Waals surface area contributed by atoms with Crippen LogP contribution in [0.1, 0.15) is 18.5 Å². The Kier molecular flexibility index (Phi) is 3.26. The fourth-order valence-electron chi connectivity index (χ4n) is 2.21. The van der Waals surface area contributed by atoms with Crippen molar-refractivity contribution in [1.82, 2.24) is 14.5 Å². The molecule has 0 spiro atoms. The lowest BCUT2D eigenvalue weighted by Crippen LogP contribution is -2.32. The van der Waals surface area contributed by atoms with Crippen LogP contribution < -0.4 is 0 Å². The Balaban J connectivity index is 2.00. The maximum Gasteiger partial charge on any atom is 0.177 e. The van der Waals surface area contributed by atoms with Gasteiger partial charge in [0.1, 0.15) is 0 Å². The predicted octanol–water partition coefficient (Wildman–Crippen LogP) is 2.20. The summed E-state index contributed by atoms with van der Waals surface area (Å²) >= 11 is 5.26. The number of piperidine rings is 1. The molecule has 0 amide bonds. The number of H-pyrrole nitrogens is 1. The third-order valence-corrected chi connectivity index (χ3v) is 3.69. The molecule has 1 saturated heterocycles. The minimum absolute atomic E-state index is 0.794. The first-order valence-corrected chi connectivity index (χ1v) is 6.01. The van der Waals surface area contributed by atoms with Gasteiger partial charge in [-0.05, 0) is 58.0 Å². The molecule has 0 aromatic carbocycles. The summed E-state index contributed by atoms with van der Waals surface area (Å²) in [6, 6.07) is 0. The maximum absolute atomic E-state index is 5.26. The average Bonchev–Trinajstić information content (AvgIpc) is 2.53. The smallest absolute Gasteiger partial charge is 0.177 e. The standard InChI is InChI=1S/C11H19N3S/c1-9-7-12-11(15)14(9)8-10-3-5-13(2)6-4-10/h7,10H,3-6,8H2,1-2H3,(H,12,15). The van der Waals surface area contributed by atoms with Crippen molar-refractivity contribution >= 4 is 12.2 Å². The van der Waals surface area contributed by atoms with Gasteiger partial charge >= 0.3 is 0 Å². The lowest BCUT2D eigenvalue weighted by Gasteiger charge is -2.29. The molecule has 0 saturated carbocycles. The highest BCUT2D eigenvalue weighted by Gasteiger charge is 2.17. The Hall–Kier alpha value is -0.610. The van der Waals surface area contributed by atoms with Crippen molar-refractivity contribution in [3.05, 3.63) is 16.7 Å². The van der Waals surface area contributed by atoms with Gasteiger partial charge in [0.25, 0.3) is 0 Å². The van der Waals surface area contributed by atoms with Gasteiger partial charge in [-0.25, -0.2) is 0 Å². The molecule has 4 heteroatoms. The quantitative estimate of drug-likeness (QED) is 0.780. The third-order valence-electron chi connectivity index (χ3n) is 3.35. The molecule has 1 aromatic heterocycles. The molecule has 2 heterocycles. The molecule has 0 unspecified atom stereocenters. The summed E-state index contributed by atoms with van der Waals surface area (Å²) in [7, 11) is 2.20. The van der Waals surface area contributed by atoms with Crippen molar-refractivity contribution in [2.45, 2.75) is 26.3 Å². The van der Waals surface area contributed by atoms with Crippen LogP contribution in [0.15, 0.2) is 6.20 Å². The van der Waals surface area contributed by atoms with E-state index in [1.807, 2.05) is 6.20 Å². The van der Waals surface area contributed by atoms with Gasteiger partial charge in [0.05, 0.1) is 0 Å². The second kappa shape index (κ2) is 4.49. The van der Waals surface area contributed by atoms with Gasteiger partial charge in [-0.1, -0.05) is 0 Å². The summed E-state index contributed by atoms with van der Waals surface area (Å²) in [5, 5.41) is 0. The van der Waals surface area contributed by atoms with Crippen molar-refractivity contribution in [2.24, 2.45) is 5.92 Å². The fourth-order valence-corrected chi connectivity index (χ4v) is 2.49. The molecular weight excluding hydrogens is 206 g/mol. The maximum atomic E-state index is 5.26. The number of aromatic amines is 1. The molecule has 15 heavy (non-hydrogen) atoms. The summed E-state index contributed by atoms with van der Waals surface area (Å²) in [5.41, 5.74) is 1.25. The first-order valence-electron chi connectivity index (χ1n) is 5.60. The van der Waals surface area contributed by atoms with Crippen molar-refractivity contribution in [3.8, 4) is 0 Å². The molecule has 1 aliphatic rings. The van der Waals surface area contributed by atoms with Crippen LogP contribution >= 0.6 is 12.2 Å². The third kappa shape index (κ3) is 2.49. The minimum Gasteiger partial charge on any atom is -0.337 e. The number of nitrogens with zero attached hydrogens (tertiary/aromatic N) is 2. The molecule has 1 N–H and O–H groups in total. The number of aromatic nitrogens is 2. The van der Waals surface area contributed by atoms with E-state index in [0.29, 0.717) is 0 Å². The van der Waals surface area contributed by atoms with Gasteiger partial charge in [0.2, 0.25) is 0 Å².